The highest BCUT2D eigenvalue weighted by molar-refractivity contribution is 5.97. The number of benzene rings is 2. The first-order chi connectivity index (χ1) is 45.0. The molecule has 0 fully saturated rings. The van der Waals surface area contributed by atoms with Crippen LogP contribution in [0.3, 0.4) is 0 Å². The van der Waals surface area contributed by atoms with Crippen molar-refractivity contribution < 1.29 is 38.9 Å². The number of esters is 2. The number of carbonyl (C=O) groups excluding carboxylic acids is 4. The molecule has 4 rings (SSSR count). The quantitative estimate of drug-likeness (QED) is 0.0275. The number of ether oxygens (including phenoxy) is 2. The monoisotopic (exact) mass is 1270 g/mol. The van der Waals surface area contributed by atoms with Gasteiger partial charge >= 0.3 is 11.9 Å². The van der Waals surface area contributed by atoms with Gasteiger partial charge in [-0.05, 0) is 115 Å². The van der Waals surface area contributed by atoms with E-state index in [1.54, 1.807) is 62.4 Å². The second-order valence-corrected chi connectivity index (χ2v) is 25.2. The second-order valence-electron chi connectivity index (χ2n) is 25.2. The third-order valence-corrected chi connectivity index (χ3v) is 17.7. The first-order valence-electron chi connectivity index (χ1n) is 35.8. The molecule has 2 aliphatic heterocycles. The van der Waals surface area contributed by atoms with E-state index in [1.165, 1.54) is 125 Å². The molecule has 2 aliphatic rings. The van der Waals surface area contributed by atoms with Gasteiger partial charge in [-0.15, -0.1) is 0 Å². The van der Waals surface area contributed by atoms with E-state index in [1.807, 2.05) is 0 Å². The van der Waals surface area contributed by atoms with Gasteiger partial charge in [0.05, 0.1) is 59.0 Å². The van der Waals surface area contributed by atoms with Crippen molar-refractivity contribution in [2.45, 2.75) is 296 Å². The highest BCUT2D eigenvalue weighted by atomic mass is 16.5. The van der Waals surface area contributed by atoms with Crippen LogP contribution in [0.15, 0.2) is 116 Å². The molecule has 506 valence electrons. The first-order valence-corrected chi connectivity index (χ1v) is 35.8. The zero-order valence-corrected chi connectivity index (χ0v) is 56.9. The van der Waals surface area contributed by atoms with Gasteiger partial charge in [0, 0.05) is 24.2 Å². The van der Waals surface area contributed by atoms with Crippen LogP contribution in [0.2, 0.25) is 0 Å². The number of allylic oxidation sites excluding steroid dienone is 4. The molecule has 2 heterocycles. The maximum atomic E-state index is 13.4. The molecule has 2 aromatic carbocycles. The Balaban J connectivity index is 1.09. The molecule has 0 aliphatic carbocycles. The Morgan fingerprint density at radius 3 is 1.04 bits per heavy atom. The van der Waals surface area contributed by atoms with Crippen LogP contribution in [-0.4, -0.2) is 94.6 Å². The number of nitrogens with zero attached hydrogens (tertiary/aromatic N) is 8. The second kappa shape index (κ2) is 49.0. The van der Waals surface area contributed by atoms with Crippen molar-refractivity contribution in [2.24, 2.45) is 20.5 Å². The molecule has 0 saturated carbocycles. The third-order valence-electron chi connectivity index (χ3n) is 17.7. The summed E-state index contributed by atoms with van der Waals surface area (Å²) in [4.78, 5) is 55.9. The summed E-state index contributed by atoms with van der Waals surface area (Å²) in [5, 5.41) is 60.5. The van der Waals surface area contributed by atoms with Gasteiger partial charge in [-0.25, -0.2) is 9.59 Å². The lowest BCUT2D eigenvalue weighted by atomic mass is 9.95. The highest BCUT2D eigenvalue weighted by Gasteiger charge is 2.41. The summed E-state index contributed by atoms with van der Waals surface area (Å²) in [5.41, 5.74) is 1.49. The topological polar surface area (TPSA) is 231 Å². The molecule has 16 nitrogen and oxygen atoms in total. The van der Waals surface area contributed by atoms with Gasteiger partial charge in [0.1, 0.15) is 0 Å². The summed E-state index contributed by atoms with van der Waals surface area (Å²) in [7, 11) is 0. The van der Waals surface area contributed by atoms with Gasteiger partial charge in [0.2, 0.25) is 0 Å². The molecule has 16 heteroatoms. The summed E-state index contributed by atoms with van der Waals surface area (Å²) in [6, 6.07) is 15.3. The lowest BCUT2D eigenvalue weighted by molar-refractivity contribution is -0.140. The number of azo groups is 2. The van der Waals surface area contributed by atoms with Gasteiger partial charge in [-0.2, -0.15) is 31.0 Å². The molecule has 2 amide bonds. The molecule has 4 unspecified atom stereocenters. The SMILES string of the molecule is CCCCCCCC/C=C/CCCCCCCCOC(=O)c1ccccc1N=NC1C(C#N)=C(C)C(=O)N(CCCCCCCCCCCCN2C(=O)C(C)=C(C#N)C(N=Nc3ccccc3C(=O)OCCCCCCCC/C=C/CCCCCCCC)C2O)C1O. The Morgan fingerprint density at radius 2 is 0.728 bits per heavy atom. The van der Waals surface area contributed by atoms with Crippen LogP contribution >= 0.6 is 0 Å². The van der Waals surface area contributed by atoms with Crippen molar-refractivity contribution in [3.8, 4) is 12.1 Å². The minimum Gasteiger partial charge on any atom is -0.462 e. The zero-order chi connectivity index (χ0) is 66.2. The minimum absolute atomic E-state index is 0.0435. The summed E-state index contributed by atoms with van der Waals surface area (Å²) >= 11 is 0. The van der Waals surface area contributed by atoms with E-state index in [4.69, 9.17) is 9.47 Å². The molecular formula is C76H114N8O8. The maximum absolute atomic E-state index is 13.4. The fourth-order valence-electron chi connectivity index (χ4n) is 11.9. The molecule has 0 saturated heterocycles. The summed E-state index contributed by atoms with van der Waals surface area (Å²) in [6.45, 7) is 8.81. The number of rotatable bonds is 51. The number of hydrogen-bond acceptors (Lipinski definition) is 14. The molecule has 4 atom stereocenters. The molecular weight excluding hydrogens is 1150 g/mol. The fraction of sp³-hybridized carbons (Fsp3) is 0.658. The van der Waals surface area contributed by atoms with E-state index < -0.39 is 48.3 Å². The Labute approximate surface area is 553 Å². The van der Waals surface area contributed by atoms with Crippen molar-refractivity contribution in [3.05, 3.63) is 106 Å². The van der Waals surface area contributed by atoms with Crippen LogP contribution in [0, 0.1) is 22.7 Å². The molecule has 0 bridgehead atoms. The van der Waals surface area contributed by atoms with Crippen molar-refractivity contribution in [3.63, 3.8) is 0 Å². The van der Waals surface area contributed by atoms with E-state index >= 15 is 0 Å². The van der Waals surface area contributed by atoms with Crippen molar-refractivity contribution in [2.75, 3.05) is 26.3 Å². The van der Waals surface area contributed by atoms with Gasteiger partial charge in [-0.1, -0.05) is 229 Å². The van der Waals surface area contributed by atoms with Crippen LogP contribution < -0.4 is 0 Å². The first kappa shape index (κ1) is 77.8. The lowest BCUT2D eigenvalue weighted by Crippen LogP contribution is -2.51. The largest absolute Gasteiger partial charge is 0.462 e. The average Bonchev–Trinajstić information content (AvgIpc) is 0.804. The fourth-order valence-corrected chi connectivity index (χ4v) is 11.9. The molecule has 92 heavy (non-hydrogen) atoms. The predicted molar refractivity (Wildman–Crippen MR) is 367 cm³/mol. The van der Waals surface area contributed by atoms with Gasteiger partial charge < -0.3 is 29.5 Å². The minimum atomic E-state index is -1.40. The molecule has 2 aromatic rings. The Hall–Kier alpha value is -6.62. The summed E-state index contributed by atoms with van der Waals surface area (Å²) < 4.78 is 11.3. The molecule has 0 radical (unpaired) electrons. The Bertz CT molecular complexity index is 2550. The predicted octanol–water partition coefficient (Wildman–Crippen LogP) is 19.6. The van der Waals surface area contributed by atoms with E-state index in [0.29, 0.717) is 26.1 Å². The number of aliphatic hydroxyl groups excluding tert-OH is 2. The number of aliphatic hydroxyl groups is 2. The molecule has 0 aromatic heterocycles. The lowest BCUT2D eigenvalue weighted by Gasteiger charge is -2.35. The maximum Gasteiger partial charge on any atom is 0.340 e. The van der Waals surface area contributed by atoms with Crippen LogP contribution in [0.5, 0.6) is 0 Å². The van der Waals surface area contributed by atoms with Crippen LogP contribution in [0.1, 0.15) is 292 Å². The van der Waals surface area contributed by atoms with E-state index in [2.05, 4.69) is 70.7 Å². The number of nitriles is 2. The highest BCUT2D eigenvalue weighted by Crippen LogP contribution is 2.32. The van der Waals surface area contributed by atoms with E-state index in [9.17, 15) is 39.9 Å². The zero-order valence-electron chi connectivity index (χ0n) is 56.9. The van der Waals surface area contributed by atoms with Crippen molar-refractivity contribution in [1.29, 1.82) is 10.5 Å². The van der Waals surface area contributed by atoms with Gasteiger partial charge in [0.15, 0.2) is 24.5 Å². The number of hydrogen-bond donors (Lipinski definition) is 2. The number of carbonyl (C=O) groups is 4. The van der Waals surface area contributed by atoms with E-state index in [-0.39, 0.29) is 57.9 Å². The molecule has 2 N–H and O–H groups in total. The summed E-state index contributed by atoms with van der Waals surface area (Å²) in [5.74, 6) is -1.85. The average molecular weight is 1270 g/mol. The van der Waals surface area contributed by atoms with Crippen LogP contribution in [-0.2, 0) is 19.1 Å². The summed E-state index contributed by atoms with van der Waals surface area (Å²) in [6.07, 6.45) is 48.9. The van der Waals surface area contributed by atoms with E-state index in [0.717, 1.165) is 116 Å². The Kier molecular flexibility index (Phi) is 41.5. The van der Waals surface area contributed by atoms with Crippen molar-refractivity contribution >= 4 is 35.1 Å². The van der Waals surface area contributed by atoms with Gasteiger partial charge in [0.25, 0.3) is 11.8 Å². The third kappa shape index (κ3) is 29.6. The smallest absolute Gasteiger partial charge is 0.340 e. The number of amides is 2. The van der Waals surface area contributed by atoms with Crippen molar-refractivity contribution in [1.82, 2.24) is 9.80 Å². The van der Waals surface area contributed by atoms with Crippen LogP contribution in [0.4, 0.5) is 11.4 Å². The Morgan fingerprint density at radius 1 is 0.446 bits per heavy atom. The van der Waals surface area contributed by atoms with Gasteiger partial charge in [-0.3, -0.25) is 9.59 Å². The molecule has 0 spiro atoms. The van der Waals surface area contributed by atoms with Crippen LogP contribution in [0.25, 0.3) is 0 Å². The standard InChI is InChI=1S/C76H114N8O8/c1-5-7-9-11-13-15-17-19-21-23-25-29-33-37-41-49-57-91-75(89)63-51-43-45-53-67(63)79-81-69-65(59-77)61(3)71(85)83(73(69)87)55-47-39-35-31-27-28-32-36-40-48-56-84-72(86)62(4)66(60-78)70(74(84)88)82-80-68-54-46-44-52-64(68)76(90)92-58-50-42-38-34-30-26-24-22-20-18-16-14-12-10-8-6-2/h19-22,43-46,51-54,69-70,73-74,87-88H,5-18,23-42,47-50,55-58H2,1-4H3/b21-19+,22-20+,81-79?,82-80?. The number of unbranched alkanes of at least 4 members (excludes halogenated alkanes) is 33. The normalized spacial score (nSPS) is 17.1.